The van der Waals surface area contributed by atoms with E-state index in [0.717, 1.165) is 17.4 Å². The van der Waals surface area contributed by atoms with Crippen LogP contribution in [0.3, 0.4) is 0 Å². The van der Waals surface area contributed by atoms with Crippen molar-refractivity contribution < 1.29 is 27.5 Å². The summed E-state index contributed by atoms with van der Waals surface area (Å²) in [4.78, 5) is 28.4. The highest BCUT2D eigenvalue weighted by atomic mass is 32.2. The second kappa shape index (κ2) is 12.1. The summed E-state index contributed by atoms with van der Waals surface area (Å²) in [5.74, 6) is 0.624. The summed E-state index contributed by atoms with van der Waals surface area (Å²) < 4.78 is 37.2. The predicted molar refractivity (Wildman–Crippen MR) is 148 cm³/mol. The van der Waals surface area contributed by atoms with Gasteiger partial charge in [0.1, 0.15) is 6.04 Å². The Kier molecular flexibility index (Phi) is 9.30. The lowest BCUT2D eigenvalue weighted by Gasteiger charge is -2.33. The number of sulfonamides is 1. The van der Waals surface area contributed by atoms with Gasteiger partial charge in [-0.1, -0.05) is 31.2 Å². The normalized spacial score (nSPS) is 13.6. The molecule has 2 amide bonds. The Bertz CT molecular complexity index is 1260. The van der Waals surface area contributed by atoms with Gasteiger partial charge >= 0.3 is 0 Å². The number of fused-ring (bicyclic) bond motifs is 1. The molecule has 0 radical (unpaired) electrons. The van der Waals surface area contributed by atoms with Gasteiger partial charge in [0.05, 0.1) is 11.9 Å². The molecular formula is C28H39N3O6S. The number of nitrogens with zero attached hydrogens (tertiary/aromatic N) is 2. The van der Waals surface area contributed by atoms with Crippen molar-refractivity contribution >= 4 is 27.5 Å². The highest BCUT2D eigenvalue weighted by molar-refractivity contribution is 7.92. The molecule has 0 unspecified atom stereocenters. The molecule has 38 heavy (non-hydrogen) atoms. The number of hydrogen-bond donors (Lipinski definition) is 1. The van der Waals surface area contributed by atoms with E-state index in [4.69, 9.17) is 9.47 Å². The highest BCUT2D eigenvalue weighted by Crippen LogP contribution is 2.36. The number of benzene rings is 2. The summed E-state index contributed by atoms with van der Waals surface area (Å²) >= 11 is 0. The van der Waals surface area contributed by atoms with Gasteiger partial charge in [-0.15, -0.1) is 0 Å². The first-order valence-electron chi connectivity index (χ1n) is 12.8. The quantitative estimate of drug-likeness (QED) is 0.458. The Labute approximate surface area is 226 Å². The molecule has 2 aromatic carbocycles. The number of hydrogen-bond acceptors (Lipinski definition) is 6. The van der Waals surface area contributed by atoms with E-state index in [1.54, 1.807) is 23.1 Å². The van der Waals surface area contributed by atoms with E-state index in [2.05, 4.69) is 5.32 Å². The molecule has 2 aromatic rings. The number of amides is 2. The number of anilines is 1. The maximum absolute atomic E-state index is 13.6. The summed E-state index contributed by atoms with van der Waals surface area (Å²) in [5.41, 5.74) is 1.99. The van der Waals surface area contributed by atoms with Crippen LogP contribution in [0.1, 0.15) is 58.1 Å². The molecule has 1 heterocycles. The molecule has 208 valence electrons. The molecule has 0 saturated carbocycles. The Hall–Kier alpha value is -3.27. The molecule has 0 saturated heterocycles. The van der Waals surface area contributed by atoms with Crippen LogP contribution in [-0.2, 0) is 26.2 Å². The molecule has 9 nitrogen and oxygen atoms in total. The summed E-state index contributed by atoms with van der Waals surface area (Å²) in [6, 6.07) is 12.1. The predicted octanol–water partition coefficient (Wildman–Crippen LogP) is 3.99. The SMILES string of the molecule is CC[C@H](C(=O)NC(C)(C)C)N(Cc1ccccc1C)C(=O)CCCN(c1ccc2c(c1)OCO2)S(C)(=O)=O. The van der Waals surface area contributed by atoms with Crippen molar-refractivity contribution in [2.24, 2.45) is 0 Å². The molecular weight excluding hydrogens is 506 g/mol. The first kappa shape index (κ1) is 29.3. The largest absolute Gasteiger partial charge is 0.454 e. The van der Waals surface area contributed by atoms with Crippen molar-refractivity contribution in [2.45, 2.75) is 72.0 Å². The third-order valence-electron chi connectivity index (χ3n) is 6.28. The van der Waals surface area contributed by atoms with E-state index in [-0.39, 0.29) is 38.0 Å². The van der Waals surface area contributed by atoms with Crippen molar-refractivity contribution in [2.75, 3.05) is 23.9 Å². The molecule has 0 aromatic heterocycles. The molecule has 1 aliphatic heterocycles. The summed E-state index contributed by atoms with van der Waals surface area (Å²) in [5, 5.41) is 3.00. The van der Waals surface area contributed by atoms with Gasteiger partial charge < -0.3 is 19.7 Å². The third-order valence-corrected chi connectivity index (χ3v) is 7.48. The molecule has 10 heteroatoms. The van der Waals surface area contributed by atoms with Crippen molar-refractivity contribution in [3.63, 3.8) is 0 Å². The van der Waals surface area contributed by atoms with Gasteiger partial charge in [0.15, 0.2) is 11.5 Å². The van der Waals surface area contributed by atoms with Crippen LogP contribution in [0.2, 0.25) is 0 Å². The molecule has 1 atom stereocenters. The fourth-order valence-corrected chi connectivity index (χ4v) is 5.34. The number of ether oxygens (including phenoxy) is 2. The summed E-state index contributed by atoms with van der Waals surface area (Å²) in [6.07, 6.45) is 1.95. The maximum Gasteiger partial charge on any atom is 0.243 e. The van der Waals surface area contributed by atoms with Crippen LogP contribution in [0.4, 0.5) is 5.69 Å². The lowest BCUT2D eigenvalue weighted by Crippen LogP contribution is -2.53. The molecule has 0 fully saturated rings. The zero-order chi connectivity index (χ0) is 28.1. The minimum Gasteiger partial charge on any atom is -0.454 e. The first-order chi connectivity index (χ1) is 17.8. The van der Waals surface area contributed by atoms with Crippen LogP contribution >= 0.6 is 0 Å². The van der Waals surface area contributed by atoms with Crippen molar-refractivity contribution in [1.29, 1.82) is 0 Å². The molecule has 3 rings (SSSR count). The maximum atomic E-state index is 13.6. The Balaban J connectivity index is 1.79. The molecule has 0 bridgehead atoms. The van der Waals surface area contributed by atoms with Gasteiger partial charge in [-0.2, -0.15) is 0 Å². The van der Waals surface area contributed by atoms with Crippen LogP contribution < -0.4 is 19.1 Å². The second-order valence-corrected chi connectivity index (χ2v) is 12.5. The first-order valence-corrected chi connectivity index (χ1v) is 14.7. The zero-order valence-electron chi connectivity index (χ0n) is 23.1. The van der Waals surface area contributed by atoms with Gasteiger partial charge in [-0.3, -0.25) is 13.9 Å². The molecule has 0 aliphatic carbocycles. The Morgan fingerprint density at radius 1 is 1.08 bits per heavy atom. The van der Waals surface area contributed by atoms with E-state index < -0.39 is 21.6 Å². The van der Waals surface area contributed by atoms with Crippen LogP contribution in [0.5, 0.6) is 11.5 Å². The fourth-order valence-electron chi connectivity index (χ4n) is 4.39. The second-order valence-electron chi connectivity index (χ2n) is 10.6. The number of carbonyl (C=O) groups excluding carboxylic acids is 2. The number of nitrogens with one attached hydrogen (secondary N) is 1. The Morgan fingerprint density at radius 3 is 2.39 bits per heavy atom. The van der Waals surface area contributed by atoms with Crippen molar-refractivity contribution in [1.82, 2.24) is 10.2 Å². The van der Waals surface area contributed by atoms with Crippen molar-refractivity contribution in [3.8, 4) is 11.5 Å². The van der Waals surface area contributed by atoms with E-state index in [1.165, 1.54) is 4.31 Å². The topological polar surface area (TPSA) is 105 Å². The van der Waals surface area contributed by atoms with Gasteiger partial charge in [0, 0.05) is 31.1 Å². The number of rotatable bonds is 11. The number of aryl methyl sites for hydroxylation is 1. The lowest BCUT2D eigenvalue weighted by molar-refractivity contribution is -0.142. The third kappa shape index (κ3) is 7.63. The molecule has 0 spiro atoms. The molecule has 1 aliphatic rings. The highest BCUT2D eigenvalue weighted by Gasteiger charge is 2.31. The van der Waals surface area contributed by atoms with E-state index in [9.17, 15) is 18.0 Å². The van der Waals surface area contributed by atoms with Crippen molar-refractivity contribution in [3.05, 3.63) is 53.6 Å². The standard InChI is InChI=1S/C28H39N3O6S/c1-7-23(27(33)29-28(3,4)5)30(18-21-12-9-8-11-20(21)2)26(32)13-10-16-31(38(6,34)35)22-14-15-24-25(17-22)37-19-36-24/h8-9,11-12,14-15,17,23H,7,10,13,16,18-19H2,1-6H3,(H,29,33)/t23-/m1/s1. The van der Waals surface area contributed by atoms with Gasteiger partial charge in [-0.25, -0.2) is 8.42 Å². The van der Waals surface area contributed by atoms with Crippen LogP contribution in [0.25, 0.3) is 0 Å². The Morgan fingerprint density at radius 2 is 1.76 bits per heavy atom. The lowest BCUT2D eigenvalue weighted by atomic mass is 10.0. The van der Waals surface area contributed by atoms with E-state index in [0.29, 0.717) is 30.2 Å². The van der Waals surface area contributed by atoms with E-state index in [1.807, 2.05) is 58.9 Å². The minimum atomic E-state index is -3.61. The fraction of sp³-hybridized carbons (Fsp3) is 0.500. The zero-order valence-corrected chi connectivity index (χ0v) is 23.9. The van der Waals surface area contributed by atoms with E-state index >= 15 is 0 Å². The van der Waals surface area contributed by atoms with Gasteiger partial charge in [0.25, 0.3) is 0 Å². The summed E-state index contributed by atoms with van der Waals surface area (Å²) in [7, 11) is -3.61. The van der Waals surface area contributed by atoms with Gasteiger partial charge in [-0.05, 0) is 63.8 Å². The average molecular weight is 546 g/mol. The monoisotopic (exact) mass is 545 g/mol. The average Bonchev–Trinajstić information content (AvgIpc) is 3.28. The summed E-state index contributed by atoms with van der Waals surface area (Å²) in [6.45, 7) is 10.1. The van der Waals surface area contributed by atoms with Crippen LogP contribution in [-0.4, -0.2) is 56.3 Å². The van der Waals surface area contributed by atoms with Crippen LogP contribution in [0.15, 0.2) is 42.5 Å². The van der Waals surface area contributed by atoms with Gasteiger partial charge in [0.2, 0.25) is 28.6 Å². The number of carbonyl (C=O) groups is 2. The molecule has 1 N–H and O–H groups in total. The smallest absolute Gasteiger partial charge is 0.243 e. The van der Waals surface area contributed by atoms with Crippen LogP contribution in [0, 0.1) is 6.92 Å². The minimum absolute atomic E-state index is 0.0851.